The van der Waals surface area contributed by atoms with E-state index in [1.165, 1.54) is 5.69 Å². The van der Waals surface area contributed by atoms with Crippen molar-refractivity contribution >= 4 is 0 Å². The Hall–Kier alpha value is -1.65. The van der Waals surface area contributed by atoms with Crippen molar-refractivity contribution in [2.24, 2.45) is 11.1 Å². The summed E-state index contributed by atoms with van der Waals surface area (Å²) in [6, 6.07) is 12.3. The van der Waals surface area contributed by atoms with Crippen LogP contribution >= 0.6 is 0 Å². The second kappa shape index (κ2) is 6.20. The summed E-state index contributed by atoms with van der Waals surface area (Å²) in [7, 11) is 2.12. The molecule has 0 unspecified atom stereocenters. The number of aromatic nitrogens is 2. The van der Waals surface area contributed by atoms with Gasteiger partial charge in [0.2, 0.25) is 0 Å². The van der Waals surface area contributed by atoms with E-state index in [0.717, 1.165) is 18.8 Å². The van der Waals surface area contributed by atoms with E-state index >= 15 is 0 Å². The molecule has 20 heavy (non-hydrogen) atoms. The lowest BCUT2D eigenvalue weighted by Gasteiger charge is -2.29. The number of hydrogen-bond acceptors (Lipinski definition) is 3. The SMILES string of the molecule is CN(Cc1ccnn1-c1ccccc1)CC(C)(C)CN. The van der Waals surface area contributed by atoms with Gasteiger partial charge in [-0.05, 0) is 37.2 Å². The molecule has 0 aliphatic carbocycles. The van der Waals surface area contributed by atoms with E-state index in [9.17, 15) is 0 Å². The van der Waals surface area contributed by atoms with Gasteiger partial charge in [0, 0.05) is 19.3 Å². The third-order valence-corrected chi connectivity index (χ3v) is 3.40. The Balaban J connectivity index is 2.10. The Labute approximate surface area is 121 Å². The number of hydrogen-bond donors (Lipinski definition) is 1. The van der Waals surface area contributed by atoms with Crippen molar-refractivity contribution in [3.8, 4) is 5.69 Å². The first-order valence-electron chi connectivity index (χ1n) is 6.99. The van der Waals surface area contributed by atoms with Gasteiger partial charge in [0.15, 0.2) is 0 Å². The van der Waals surface area contributed by atoms with Crippen molar-refractivity contribution in [3.63, 3.8) is 0 Å². The van der Waals surface area contributed by atoms with E-state index in [1.54, 1.807) is 0 Å². The van der Waals surface area contributed by atoms with Crippen LogP contribution in [0.1, 0.15) is 19.5 Å². The molecule has 0 aliphatic rings. The molecule has 2 rings (SSSR count). The van der Waals surface area contributed by atoms with Gasteiger partial charge in [-0.1, -0.05) is 32.0 Å². The van der Waals surface area contributed by atoms with Gasteiger partial charge in [0.05, 0.1) is 11.4 Å². The molecule has 0 bridgehead atoms. The van der Waals surface area contributed by atoms with Crippen LogP contribution in [0.15, 0.2) is 42.6 Å². The summed E-state index contributed by atoms with van der Waals surface area (Å²) in [5.41, 5.74) is 8.22. The van der Waals surface area contributed by atoms with Crippen molar-refractivity contribution in [1.29, 1.82) is 0 Å². The second-order valence-corrected chi connectivity index (χ2v) is 6.11. The van der Waals surface area contributed by atoms with Gasteiger partial charge < -0.3 is 5.73 Å². The van der Waals surface area contributed by atoms with Crippen LogP contribution in [0.4, 0.5) is 0 Å². The maximum Gasteiger partial charge on any atom is 0.0649 e. The van der Waals surface area contributed by atoms with Crippen molar-refractivity contribution in [3.05, 3.63) is 48.3 Å². The van der Waals surface area contributed by atoms with E-state index in [2.05, 4.69) is 49.1 Å². The van der Waals surface area contributed by atoms with E-state index in [1.807, 2.05) is 29.1 Å². The van der Waals surface area contributed by atoms with Gasteiger partial charge in [-0.2, -0.15) is 5.10 Å². The third-order valence-electron chi connectivity index (χ3n) is 3.40. The Morgan fingerprint density at radius 3 is 2.55 bits per heavy atom. The Bertz CT molecular complexity index is 530. The average molecular weight is 272 g/mol. The number of rotatable bonds is 6. The Kier molecular flexibility index (Phi) is 4.57. The van der Waals surface area contributed by atoms with Gasteiger partial charge >= 0.3 is 0 Å². The standard InChI is InChI=1S/C16H24N4/c1-16(2,12-17)13-19(3)11-15-9-10-18-20(15)14-7-5-4-6-8-14/h4-10H,11-13,17H2,1-3H3. The molecule has 0 amide bonds. The van der Waals surface area contributed by atoms with Crippen LogP contribution in [0, 0.1) is 5.41 Å². The number of nitrogens with zero attached hydrogens (tertiary/aromatic N) is 3. The molecule has 0 saturated heterocycles. The summed E-state index contributed by atoms with van der Waals surface area (Å²) >= 11 is 0. The van der Waals surface area contributed by atoms with Crippen molar-refractivity contribution in [2.75, 3.05) is 20.1 Å². The molecule has 0 aliphatic heterocycles. The predicted molar refractivity (Wildman–Crippen MR) is 82.7 cm³/mol. The molecule has 2 aromatic rings. The number of para-hydroxylation sites is 1. The number of benzene rings is 1. The van der Waals surface area contributed by atoms with Crippen LogP contribution in [0.25, 0.3) is 5.69 Å². The number of nitrogens with two attached hydrogens (primary N) is 1. The molecule has 4 nitrogen and oxygen atoms in total. The van der Waals surface area contributed by atoms with Gasteiger partial charge in [-0.15, -0.1) is 0 Å². The van der Waals surface area contributed by atoms with Crippen LogP contribution in [-0.2, 0) is 6.54 Å². The van der Waals surface area contributed by atoms with Gasteiger partial charge in [-0.25, -0.2) is 4.68 Å². The van der Waals surface area contributed by atoms with Crippen molar-refractivity contribution in [1.82, 2.24) is 14.7 Å². The van der Waals surface area contributed by atoms with E-state index in [0.29, 0.717) is 6.54 Å². The first-order chi connectivity index (χ1) is 9.52. The molecule has 1 aromatic heterocycles. The highest BCUT2D eigenvalue weighted by atomic mass is 15.3. The Morgan fingerprint density at radius 1 is 1.20 bits per heavy atom. The van der Waals surface area contributed by atoms with Gasteiger partial charge in [0.25, 0.3) is 0 Å². The lowest BCUT2D eigenvalue weighted by atomic mass is 9.93. The van der Waals surface area contributed by atoms with Crippen LogP contribution in [0.2, 0.25) is 0 Å². The maximum atomic E-state index is 5.80. The average Bonchev–Trinajstić information content (AvgIpc) is 2.87. The third kappa shape index (κ3) is 3.68. The zero-order valence-electron chi connectivity index (χ0n) is 12.6. The first-order valence-corrected chi connectivity index (χ1v) is 6.99. The fourth-order valence-electron chi connectivity index (χ4n) is 2.38. The van der Waals surface area contributed by atoms with Gasteiger partial charge in [-0.3, -0.25) is 4.90 Å². The summed E-state index contributed by atoms with van der Waals surface area (Å²) in [5.74, 6) is 0. The normalized spacial score (nSPS) is 12.1. The summed E-state index contributed by atoms with van der Waals surface area (Å²) in [6.07, 6.45) is 1.85. The van der Waals surface area contributed by atoms with Gasteiger partial charge in [0.1, 0.15) is 0 Å². The van der Waals surface area contributed by atoms with Crippen LogP contribution in [0.3, 0.4) is 0 Å². The second-order valence-electron chi connectivity index (χ2n) is 6.11. The predicted octanol–water partition coefficient (Wildman–Crippen LogP) is 2.29. The summed E-state index contributed by atoms with van der Waals surface area (Å²) in [5, 5.41) is 4.42. The van der Waals surface area contributed by atoms with Crippen LogP contribution in [0.5, 0.6) is 0 Å². The monoisotopic (exact) mass is 272 g/mol. The van der Waals surface area contributed by atoms with Crippen LogP contribution < -0.4 is 5.73 Å². The lowest BCUT2D eigenvalue weighted by Crippen LogP contribution is -2.36. The zero-order valence-corrected chi connectivity index (χ0v) is 12.6. The van der Waals surface area contributed by atoms with Crippen molar-refractivity contribution in [2.45, 2.75) is 20.4 Å². The van der Waals surface area contributed by atoms with E-state index in [4.69, 9.17) is 5.73 Å². The quantitative estimate of drug-likeness (QED) is 0.877. The largest absolute Gasteiger partial charge is 0.330 e. The molecule has 0 spiro atoms. The molecule has 1 aromatic carbocycles. The molecule has 0 atom stereocenters. The van der Waals surface area contributed by atoms with Crippen molar-refractivity contribution < 1.29 is 0 Å². The fraction of sp³-hybridized carbons (Fsp3) is 0.438. The molecule has 4 heteroatoms. The Morgan fingerprint density at radius 2 is 1.90 bits per heavy atom. The maximum absolute atomic E-state index is 5.80. The molecular weight excluding hydrogens is 248 g/mol. The minimum atomic E-state index is 0.131. The highest BCUT2D eigenvalue weighted by molar-refractivity contribution is 5.32. The van der Waals surface area contributed by atoms with Crippen LogP contribution in [-0.4, -0.2) is 34.8 Å². The molecule has 0 saturated carbocycles. The lowest BCUT2D eigenvalue weighted by molar-refractivity contribution is 0.207. The molecule has 108 valence electrons. The fourth-order valence-corrected chi connectivity index (χ4v) is 2.38. The molecule has 0 fully saturated rings. The summed E-state index contributed by atoms with van der Waals surface area (Å²) in [6.45, 7) is 6.90. The summed E-state index contributed by atoms with van der Waals surface area (Å²) in [4.78, 5) is 2.29. The summed E-state index contributed by atoms with van der Waals surface area (Å²) < 4.78 is 1.99. The molecule has 0 radical (unpaired) electrons. The molecular formula is C16H24N4. The molecule has 1 heterocycles. The highest BCUT2D eigenvalue weighted by Crippen LogP contribution is 2.17. The minimum absolute atomic E-state index is 0.131. The highest BCUT2D eigenvalue weighted by Gasteiger charge is 2.19. The minimum Gasteiger partial charge on any atom is -0.330 e. The smallest absolute Gasteiger partial charge is 0.0649 e. The zero-order chi connectivity index (χ0) is 14.6. The topological polar surface area (TPSA) is 47.1 Å². The van der Waals surface area contributed by atoms with E-state index < -0.39 is 0 Å². The van der Waals surface area contributed by atoms with E-state index in [-0.39, 0.29) is 5.41 Å². The molecule has 2 N–H and O–H groups in total. The first kappa shape index (κ1) is 14.8.